The predicted molar refractivity (Wildman–Crippen MR) is 97.7 cm³/mol. The Morgan fingerprint density at radius 1 is 0.826 bits per heavy atom. The standard InChI is InChI=1S/C20H20N2S/c1-14-5-4-6-17(12-14)13-23-20-10-9-19(21-22-20)18-8-7-15(2)11-16(18)3/h4-12H,13H2,1-3H3. The molecule has 1 heterocycles. The highest BCUT2D eigenvalue weighted by molar-refractivity contribution is 7.98. The third-order valence-electron chi connectivity index (χ3n) is 3.77. The van der Waals surface area contributed by atoms with Crippen LogP contribution in [0.3, 0.4) is 0 Å². The molecular formula is C20H20N2S. The van der Waals surface area contributed by atoms with Gasteiger partial charge in [0, 0.05) is 11.3 Å². The van der Waals surface area contributed by atoms with E-state index in [-0.39, 0.29) is 0 Å². The van der Waals surface area contributed by atoms with Gasteiger partial charge in [0.25, 0.3) is 0 Å². The molecule has 0 bridgehead atoms. The monoisotopic (exact) mass is 320 g/mol. The van der Waals surface area contributed by atoms with Crippen molar-refractivity contribution in [3.05, 3.63) is 76.9 Å². The molecule has 3 aromatic rings. The van der Waals surface area contributed by atoms with E-state index in [2.05, 4.69) is 85.6 Å². The molecule has 0 spiro atoms. The second kappa shape index (κ2) is 6.97. The van der Waals surface area contributed by atoms with Gasteiger partial charge in [-0.1, -0.05) is 65.4 Å². The summed E-state index contributed by atoms with van der Waals surface area (Å²) < 4.78 is 0. The Labute approximate surface area is 142 Å². The zero-order chi connectivity index (χ0) is 16.2. The molecule has 3 rings (SSSR count). The molecule has 116 valence electrons. The van der Waals surface area contributed by atoms with Crippen molar-refractivity contribution in [3.63, 3.8) is 0 Å². The van der Waals surface area contributed by atoms with E-state index in [9.17, 15) is 0 Å². The minimum atomic E-state index is 0.916. The summed E-state index contributed by atoms with van der Waals surface area (Å²) in [4.78, 5) is 0. The third-order valence-corrected chi connectivity index (χ3v) is 4.76. The molecule has 1 aromatic heterocycles. The first-order chi connectivity index (χ1) is 11.1. The molecule has 0 saturated heterocycles. The Hall–Kier alpha value is -2.13. The molecule has 0 saturated carbocycles. The van der Waals surface area contributed by atoms with Crippen LogP contribution in [0.1, 0.15) is 22.3 Å². The quantitative estimate of drug-likeness (QED) is 0.605. The minimum absolute atomic E-state index is 0.916. The van der Waals surface area contributed by atoms with Crippen LogP contribution in [-0.4, -0.2) is 10.2 Å². The summed E-state index contributed by atoms with van der Waals surface area (Å²) in [7, 11) is 0. The molecule has 2 aromatic carbocycles. The summed E-state index contributed by atoms with van der Waals surface area (Å²) in [6.07, 6.45) is 0. The van der Waals surface area contributed by atoms with Crippen LogP contribution in [0.2, 0.25) is 0 Å². The number of aromatic nitrogens is 2. The number of thioether (sulfide) groups is 1. The number of rotatable bonds is 4. The number of aryl methyl sites for hydroxylation is 3. The molecule has 3 heteroatoms. The van der Waals surface area contributed by atoms with E-state index in [1.807, 2.05) is 0 Å². The van der Waals surface area contributed by atoms with Crippen molar-refractivity contribution < 1.29 is 0 Å². The third kappa shape index (κ3) is 3.99. The smallest absolute Gasteiger partial charge is 0.119 e. The number of hydrogen-bond acceptors (Lipinski definition) is 3. The van der Waals surface area contributed by atoms with Crippen LogP contribution < -0.4 is 0 Å². The fourth-order valence-corrected chi connectivity index (χ4v) is 3.36. The molecule has 0 unspecified atom stereocenters. The summed E-state index contributed by atoms with van der Waals surface area (Å²) in [6.45, 7) is 6.34. The highest BCUT2D eigenvalue weighted by Gasteiger charge is 2.05. The summed E-state index contributed by atoms with van der Waals surface area (Å²) in [6, 6.07) is 19.1. The minimum Gasteiger partial charge on any atom is -0.149 e. The summed E-state index contributed by atoms with van der Waals surface area (Å²) in [5.74, 6) is 0.916. The molecule has 0 amide bonds. The Kier molecular flexibility index (Phi) is 4.77. The van der Waals surface area contributed by atoms with E-state index in [1.165, 1.54) is 22.3 Å². The molecule has 0 atom stereocenters. The van der Waals surface area contributed by atoms with Crippen LogP contribution in [-0.2, 0) is 5.75 Å². The van der Waals surface area contributed by atoms with E-state index in [0.29, 0.717) is 0 Å². The van der Waals surface area contributed by atoms with Crippen molar-refractivity contribution in [1.29, 1.82) is 0 Å². The van der Waals surface area contributed by atoms with Gasteiger partial charge in [-0.3, -0.25) is 0 Å². The highest BCUT2D eigenvalue weighted by atomic mass is 32.2. The van der Waals surface area contributed by atoms with Crippen LogP contribution in [0, 0.1) is 20.8 Å². The van der Waals surface area contributed by atoms with E-state index in [1.54, 1.807) is 11.8 Å². The largest absolute Gasteiger partial charge is 0.149 e. The van der Waals surface area contributed by atoms with Crippen molar-refractivity contribution >= 4 is 11.8 Å². The molecule has 2 nitrogen and oxygen atoms in total. The first-order valence-corrected chi connectivity index (χ1v) is 8.70. The van der Waals surface area contributed by atoms with Crippen LogP contribution in [0.5, 0.6) is 0 Å². The lowest BCUT2D eigenvalue weighted by Crippen LogP contribution is -1.92. The van der Waals surface area contributed by atoms with Gasteiger partial charge in [0.05, 0.1) is 5.69 Å². The van der Waals surface area contributed by atoms with Gasteiger partial charge in [0.15, 0.2) is 0 Å². The maximum absolute atomic E-state index is 4.40. The van der Waals surface area contributed by atoms with E-state index in [0.717, 1.165) is 22.0 Å². The fraction of sp³-hybridized carbons (Fsp3) is 0.200. The summed E-state index contributed by atoms with van der Waals surface area (Å²) >= 11 is 1.72. The topological polar surface area (TPSA) is 25.8 Å². The van der Waals surface area contributed by atoms with Crippen molar-refractivity contribution in [1.82, 2.24) is 10.2 Å². The molecule has 23 heavy (non-hydrogen) atoms. The van der Waals surface area contributed by atoms with Crippen LogP contribution in [0.25, 0.3) is 11.3 Å². The molecule has 0 fully saturated rings. The maximum atomic E-state index is 4.40. The molecule has 0 aliphatic rings. The lowest BCUT2D eigenvalue weighted by molar-refractivity contribution is 0.934. The van der Waals surface area contributed by atoms with Gasteiger partial charge in [-0.15, -0.1) is 10.2 Å². The average Bonchev–Trinajstić information content (AvgIpc) is 2.54. The SMILES string of the molecule is Cc1cccc(CSc2ccc(-c3ccc(C)cc3C)nn2)c1. The van der Waals surface area contributed by atoms with Crippen LogP contribution in [0.4, 0.5) is 0 Å². The second-order valence-electron chi connectivity index (χ2n) is 5.85. The number of benzene rings is 2. The van der Waals surface area contributed by atoms with E-state index < -0.39 is 0 Å². The van der Waals surface area contributed by atoms with Gasteiger partial charge in [0.2, 0.25) is 0 Å². The van der Waals surface area contributed by atoms with E-state index >= 15 is 0 Å². The van der Waals surface area contributed by atoms with Crippen molar-refractivity contribution in [3.8, 4) is 11.3 Å². The summed E-state index contributed by atoms with van der Waals surface area (Å²) in [5, 5.41) is 9.73. The Morgan fingerprint density at radius 2 is 1.65 bits per heavy atom. The first kappa shape index (κ1) is 15.8. The molecule has 0 radical (unpaired) electrons. The highest BCUT2D eigenvalue weighted by Crippen LogP contribution is 2.25. The molecule has 0 aliphatic heterocycles. The zero-order valence-corrected chi connectivity index (χ0v) is 14.5. The maximum Gasteiger partial charge on any atom is 0.119 e. The van der Waals surface area contributed by atoms with Gasteiger partial charge < -0.3 is 0 Å². The van der Waals surface area contributed by atoms with Gasteiger partial charge in [-0.2, -0.15) is 0 Å². The van der Waals surface area contributed by atoms with E-state index in [4.69, 9.17) is 0 Å². The lowest BCUT2D eigenvalue weighted by atomic mass is 10.0. The molecule has 0 N–H and O–H groups in total. The second-order valence-corrected chi connectivity index (χ2v) is 6.85. The van der Waals surface area contributed by atoms with Crippen molar-refractivity contribution in [2.75, 3.05) is 0 Å². The lowest BCUT2D eigenvalue weighted by Gasteiger charge is -2.07. The summed E-state index contributed by atoms with van der Waals surface area (Å²) in [5.41, 5.74) is 7.19. The molecular weight excluding hydrogens is 300 g/mol. The fourth-order valence-electron chi connectivity index (χ4n) is 2.60. The van der Waals surface area contributed by atoms with Gasteiger partial charge >= 0.3 is 0 Å². The molecule has 0 aliphatic carbocycles. The Morgan fingerprint density at radius 3 is 2.35 bits per heavy atom. The van der Waals surface area contributed by atoms with Crippen molar-refractivity contribution in [2.45, 2.75) is 31.6 Å². The Balaban J connectivity index is 1.72. The van der Waals surface area contributed by atoms with Gasteiger partial charge in [0.1, 0.15) is 5.03 Å². The van der Waals surface area contributed by atoms with Gasteiger partial charge in [-0.25, -0.2) is 0 Å². The zero-order valence-electron chi connectivity index (χ0n) is 13.7. The normalized spacial score (nSPS) is 10.7. The van der Waals surface area contributed by atoms with Crippen LogP contribution >= 0.6 is 11.8 Å². The Bertz CT molecular complexity index is 810. The van der Waals surface area contributed by atoms with Crippen LogP contribution in [0.15, 0.2) is 59.6 Å². The van der Waals surface area contributed by atoms with Gasteiger partial charge in [-0.05, 0) is 44.0 Å². The number of hydrogen-bond donors (Lipinski definition) is 0. The predicted octanol–water partition coefficient (Wildman–Crippen LogP) is 5.36. The average molecular weight is 320 g/mol. The first-order valence-electron chi connectivity index (χ1n) is 7.71. The number of nitrogens with zero attached hydrogens (tertiary/aromatic N) is 2. The van der Waals surface area contributed by atoms with Crippen molar-refractivity contribution in [2.24, 2.45) is 0 Å².